The first kappa shape index (κ1) is 22.2. The number of H-pyrrole nitrogens is 1. The number of fused-ring (bicyclic) bond motifs is 1. The molecular formula is C22H24FN3O5. The van der Waals surface area contributed by atoms with Gasteiger partial charge in [-0.1, -0.05) is 6.92 Å². The number of rotatable bonds is 7. The highest BCUT2D eigenvalue weighted by atomic mass is 19.1. The molecule has 31 heavy (non-hydrogen) atoms. The minimum atomic E-state index is -1.22. The Morgan fingerprint density at radius 1 is 1.29 bits per heavy atom. The number of aromatic amines is 1. The standard InChI is InChI=1S/C22H24FN3O5/c1-4-13(22(30)31)18(27)9-24-21(29)19-10(2)17(25-11(19)3)8-15-14-7-12(23)5-6-16(14)26-20(15)28/h5-8,13,18,25,27H,4,9H2,1-3H3,(H,24,29)(H,26,28)(H,30,31)/b15-8-. The molecule has 2 atom stereocenters. The van der Waals surface area contributed by atoms with Gasteiger partial charge in [0, 0.05) is 29.2 Å². The van der Waals surface area contributed by atoms with Crippen LogP contribution in [0.25, 0.3) is 11.6 Å². The number of aliphatic hydroxyl groups excluding tert-OH is 1. The molecule has 2 aromatic rings. The number of hydrogen-bond donors (Lipinski definition) is 5. The third-order valence-electron chi connectivity index (χ3n) is 5.45. The third kappa shape index (κ3) is 4.36. The summed E-state index contributed by atoms with van der Waals surface area (Å²) in [5.41, 5.74) is 3.18. The van der Waals surface area contributed by atoms with Crippen molar-refractivity contribution < 1.29 is 29.0 Å². The van der Waals surface area contributed by atoms with Gasteiger partial charge in [0.2, 0.25) is 0 Å². The fourth-order valence-electron chi connectivity index (χ4n) is 3.75. The average Bonchev–Trinajstić information content (AvgIpc) is 3.16. The van der Waals surface area contributed by atoms with Crippen LogP contribution in [0, 0.1) is 25.6 Å². The summed E-state index contributed by atoms with van der Waals surface area (Å²) in [5.74, 6) is -3.42. The van der Waals surface area contributed by atoms with Gasteiger partial charge in [-0.25, -0.2) is 4.39 Å². The number of nitrogens with one attached hydrogen (secondary N) is 3. The molecular weight excluding hydrogens is 405 g/mol. The molecule has 8 nitrogen and oxygen atoms in total. The summed E-state index contributed by atoms with van der Waals surface area (Å²) in [5, 5.41) is 24.4. The van der Waals surface area contributed by atoms with Gasteiger partial charge in [0.15, 0.2) is 0 Å². The lowest BCUT2D eigenvalue weighted by molar-refractivity contribution is -0.145. The van der Waals surface area contributed by atoms with Crippen molar-refractivity contribution in [2.24, 2.45) is 5.92 Å². The van der Waals surface area contributed by atoms with Crippen LogP contribution in [0.15, 0.2) is 18.2 Å². The summed E-state index contributed by atoms with van der Waals surface area (Å²) in [6.45, 7) is 4.83. The van der Waals surface area contributed by atoms with Crippen LogP contribution in [-0.4, -0.2) is 45.6 Å². The molecule has 0 saturated heterocycles. The number of aliphatic carboxylic acids is 1. The molecule has 0 radical (unpaired) electrons. The van der Waals surface area contributed by atoms with E-state index >= 15 is 0 Å². The van der Waals surface area contributed by atoms with Gasteiger partial charge in [-0.05, 0) is 50.1 Å². The second-order valence-electron chi connectivity index (χ2n) is 7.50. The second-order valence-corrected chi connectivity index (χ2v) is 7.50. The van der Waals surface area contributed by atoms with Crippen LogP contribution in [0.2, 0.25) is 0 Å². The van der Waals surface area contributed by atoms with E-state index in [1.807, 2.05) is 0 Å². The van der Waals surface area contributed by atoms with Crippen molar-refractivity contribution in [2.45, 2.75) is 33.3 Å². The molecule has 9 heteroatoms. The zero-order chi connectivity index (χ0) is 22.9. The van der Waals surface area contributed by atoms with Crippen molar-refractivity contribution >= 4 is 35.1 Å². The largest absolute Gasteiger partial charge is 0.481 e. The third-order valence-corrected chi connectivity index (χ3v) is 5.45. The maximum absolute atomic E-state index is 13.7. The molecule has 0 bridgehead atoms. The van der Waals surface area contributed by atoms with E-state index in [1.165, 1.54) is 18.2 Å². The van der Waals surface area contributed by atoms with E-state index < -0.39 is 29.7 Å². The molecule has 0 saturated carbocycles. The summed E-state index contributed by atoms with van der Waals surface area (Å²) < 4.78 is 13.7. The smallest absolute Gasteiger partial charge is 0.309 e. The number of carbonyl (C=O) groups is 3. The minimum absolute atomic E-state index is 0.209. The summed E-state index contributed by atoms with van der Waals surface area (Å²) >= 11 is 0. The van der Waals surface area contributed by atoms with E-state index in [0.29, 0.717) is 33.8 Å². The molecule has 2 amide bonds. The minimum Gasteiger partial charge on any atom is -0.481 e. The average molecular weight is 429 g/mol. The number of aryl methyl sites for hydroxylation is 1. The summed E-state index contributed by atoms with van der Waals surface area (Å²) in [6.07, 6.45) is 0.573. The van der Waals surface area contributed by atoms with Crippen molar-refractivity contribution in [1.82, 2.24) is 10.3 Å². The Balaban J connectivity index is 1.84. The first-order valence-corrected chi connectivity index (χ1v) is 9.85. The van der Waals surface area contributed by atoms with E-state index in [0.717, 1.165) is 0 Å². The van der Waals surface area contributed by atoms with Crippen molar-refractivity contribution in [3.05, 3.63) is 52.1 Å². The molecule has 2 unspecified atom stereocenters. The lowest BCUT2D eigenvalue weighted by Crippen LogP contribution is -2.39. The number of halogens is 1. The first-order valence-electron chi connectivity index (χ1n) is 9.85. The molecule has 5 N–H and O–H groups in total. The highest BCUT2D eigenvalue weighted by Crippen LogP contribution is 2.34. The SMILES string of the molecule is CCC(C(=O)O)C(O)CNC(=O)c1c(C)[nH]c(/C=C2\C(=O)Nc3ccc(F)cc32)c1C. The first-order chi connectivity index (χ1) is 14.6. The number of aromatic nitrogens is 1. The Bertz CT molecular complexity index is 1090. The topological polar surface area (TPSA) is 132 Å². The zero-order valence-electron chi connectivity index (χ0n) is 17.4. The highest BCUT2D eigenvalue weighted by Gasteiger charge is 2.27. The summed E-state index contributed by atoms with van der Waals surface area (Å²) in [4.78, 5) is 39.2. The molecule has 0 spiro atoms. The van der Waals surface area contributed by atoms with Crippen molar-refractivity contribution in [3.63, 3.8) is 0 Å². The number of aliphatic hydroxyl groups is 1. The fourth-order valence-corrected chi connectivity index (χ4v) is 3.75. The predicted molar refractivity (Wildman–Crippen MR) is 113 cm³/mol. The summed E-state index contributed by atoms with van der Waals surface area (Å²) in [6, 6.07) is 4.02. The quantitative estimate of drug-likeness (QED) is 0.432. The Labute approximate surface area is 178 Å². The predicted octanol–water partition coefficient (Wildman–Crippen LogP) is 2.46. The van der Waals surface area contributed by atoms with Crippen LogP contribution in [0.3, 0.4) is 0 Å². The Kier molecular flexibility index (Phi) is 6.26. The number of carboxylic acids is 1. The van der Waals surface area contributed by atoms with Gasteiger partial charge < -0.3 is 25.8 Å². The van der Waals surface area contributed by atoms with Crippen molar-refractivity contribution in [3.8, 4) is 0 Å². The second kappa shape index (κ2) is 8.73. The fraction of sp³-hybridized carbons (Fsp3) is 0.318. The Hall–Kier alpha value is -3.46. The van der Waals surface area contributed by atoms with E-state index in [9.17, 15) is 23.9 Å². The van der Waals surface area contributed by atoms with Gasteiger partial charge in [-0.15, -0.1) is 0 Å². The molecule has 2 heterocycles. The number of anilines is 1. The van der Waals surface area contributed by atoms with Gasteiger partial charge in [0.1, 0.15) is 5.82 Å². The van der Waals surface area contributed by atoms with Gasteiger partial charge >= 0.3 is 5.97 Å². The highest BCUT2D eigenvalue weighted by molar-refractivity contribution is 6.34. The van der Waals surface area contributed by atoms with Crippen LogP contribution < -0.4 is 10.6 Å². The van der Waals surface area contributed by atoms with Crippen LogP contribution in [0.1, 0.15) is 46.2 Å². The van der Waals surface area contributed by atoms with Crippen molar-refractivity contribution in [1.29, 1.82) is 0 Å². The van der Waals surface area contributed by atoms with Gasteiger partial charge in [-0.2, -0.15) is 0 Å². The van der Waals surface area contributed by atoms with Gasteiger partial charge in [0.25, 0.3) is 11.8 Å². The number of carbonyl (C=O) groups excluding carboxylic acids is 2. The van der Waals surface area contributed by atoms with E-state index in [1.54, 1.807) is 26.8 Å². The van der Waals surface area contributed by atoms with E-state index in [-0.39, 0.29) is 24.4 Å². The van der Waals surface area contributed by atoms with Crippen LogP contribution >= 0.6 is 0 Å². The Morgan fingerprint density at radius 2 is 2.00 bits per heavy atom. The molecule has 1 aliphatic rings. The molecule has 1 aromatic heterocycles. The number of amides is 2. The molecule has 1 aromatic carbocycles. The van der Waals surface area contributed by atoms with E-state index in [2.05, 4.69) is 15.6 Å². The monoisotopic (exact) mass is 429 g/mol. The number of hydrogen-bond acceptors (Lipinski definition) is 4. The van der Waals surface area contributed by atoms with Crippen LogP contribution in [-0.2, 0) is 9.59 Å². The van der Waals surface area contributed by atoms with Gasteiger partial charge in [-0.3, -0.25) is 14.4 Å². The van der Waals surface area contributed by atoms with Gasteiger partial charge in [0.05, 0.1) is 23.2 Å². The molecule has 164 valence electrons. The van der Waals surface area contributed by atoms with Crippen molar-refractivity contribution in [2.75, 3.05) is 11.9 Å². The number of carboxylic acid groups (broad SMARTS) is 1. The molecule has 1 aliphatic heterocycles. The summed E-state index contributed by atoms with van der Waals surface area (Å²) in [7, 11) is 0. The lowest BCUT2D eigenvalue weighted by atomic mass is 9.99. The molecule has 0 aliphatic carbocycles. The number of benzene rings is 1. The lowest BCUT2D eigenvalue weighted by Gasteiger charge is -2.18. The van der Waals surface area contributed by atoms with Crippen LogP contribution in [0.5, 0.6) is 0 Å². The molecule has 0 fully saturated rings. The normalized spacial score (nSPS) is 16.0. The maximum Gasteiger partial charge on any atom is 0.309 e. The maximum atomic E-state index is 13.7. The molecule has 3 rings (SSSR count). The van der Waals surface area contributed by atoms with Crippen LogP contribution in [0.4, 0.5) is 10.1 Å². The Morgan fingerprint density at radius 3 is 2.65 bits per heavy atom. The zero-order valence-corrected chi connectivity index (χ0v) is 17.4. The van der Waals surface area contributed by atoms with E-state index in [4.69, 9.17) is 5.11 Å².